The molecule has 0 aliphatic heterocycles. The van der Waals surface area contributed by atoms with Crippen molar-refractivity contribution >= 4 is 5.82 Å². The number of hydrogen-bond acceptors (Lipinski definition) is 4. The summed E-state index contributed by atoms with van der Waals surface area (Å²) in [6.07, 6.45) is 1.60. The van der Waals surface area contributed by atoms with Crippen molar-refractivity contribution in [3.05, 3.63) is 42.6 Å². The summed E-state index contributed by atoms with van der Waals surface area (Å²) in [4.78, 5) is 3.89. The van der Waals surface area contributed by atoms with Crippen LogP contribution in [0, 0.1) is 0 Å². The largest absolute Gasteiger partial charge is 0.497 e. The fourth-order valence-electron chi connectivity index (χ4n) is 1.29. The molecule has 0 bridgehead atoms. The minimum Gasteiger partial charge on any atom is -0.497 e. The Bertz CT molecular complexity index is 486. The molecule has 0 aliphatic rings. The van der Waals surface area contributed by atoms with Gasteiger partial charge in [0.25, 0.3) is 0 Å². The molecule has 0 fully saturated rings. The van der Waals surface area contributed by atoms with Crippen molar-refractivity contribution in [1.29, 1.82) is 0 Å². The Balaban J connectivity index is 2.20. The van der Waals surface area contributed by atoms with Crippen LogP contribution in [0.2, 0.25) is 0 Å². The molecule has 1 heterocycles. The lowest BCUT2D eigenvalue weighted by Crippen LogP contribution is -1.91. The Morgan fingerprint density at radius 2 is 1.81 bits per heavy atom. The lowest BCUT2D eigenvalue weighted by molar-refractivity contribution is 0.409. The predicted octanol–water partition coefficient (Wildman–Crippen LogP) is 2.46. The van der Waals surface area contributed by atoms with Crippen LogP contribution < -0.4 is 15.2 Å². The first-order valence-electron chi connectivity index (χ1n) is 4.81. The van der Waals surface area contributed by atoms with E-state index in [1.54, 1.807) is 31.5 Å². The molecule has 2 aromatic rings. The molecule has 4 nitrogen and oxygen atoms in total. The quantitative estimate of drug-likeness (QED) is 0.856. The van der Waals surface area contributed by atoms with Crippen molar-refractivity contribution in [1.82, 2.24) is 4.98 Å². The van der Waals surface area contributed by atoms with Crippen LogP contribution in [0.25, 0.3) is 0 Å². The zero-order chi connectivity index (χ0) is 11.4. The van der Waals surface area contributed by atoms with Gasteiger partial charge in [-0.15, -0.1) is 0 Å². The third kappa shape index (κ3) is 2.42. The number of anilines is 1. The number of rotatable bonds is 3. The van der Waals surface area contributed by atoms with Crippen molar-refractivity contribution in [2.75, 3.05) is 12.8 Å². The SMILES string of the molecule is COc1cccc(Oc2ccnc(N)c2)c1. The van der Waals surface area contributed by atoms with Crippen molar-refractivity contribution in [2.45, 2.75) is 0 Å². The third-order valence-electron chi connectivity index (χ3n) is 2.03. The van der Waals surface area contributed by atoms with Gasteiger partial charge in [0, 0.05) is 18.3 Å². The van der Waals surface area contributed by atoms with Crippen LogP contribution in [0.4, 0.5) is 5.82 Å². The predicted molar refractivity (Wildman–Crippen MR) is 61.7 cm³/mol. The summed E-state index contributed by atoms with van der Waals surface area (Å²) in [7, 11) is 1.61. The molecule has 82 valence electrons. The lowest BCUT2D eigenvalue weighted by Gasteiger charge is -2.07. The molecule has 4 heteroatoms. The Morgan fingerprint density at radius 3 is 2.56 bits per heavy atom. The van der Waals surface area contributed by atoms with E-state index in [1.165, 1.54) is 0 Å². The maximum atomic E-state index is 5.60. The number of nitrogen functional groups attached to an aromatic ring is 1. The first-order valence-corrected chi connectivity index (χ1v) is 4.81. The van der Waals surface area contributed by atoms with E-state index in [0.29, 0.717) is 17.3 Å². The minimum absolute atomic E-state index is 0.431. The normalized spacial score (nSPS) is 9.81. The first kappa shape index (κ1) is 10.3. The molecule has 0 atom stereocenters. The van der Waals surface area contributed by atoms with Gasteiger partial charge in [-0.1, -0.05) is 6.07 Å². The summed E-state index contributed by atoms with van der Waals surface area (Å²) < 4.78 is 10.7. The van der Waals surface area contributed by atoms with E-state index >= 15 is 0 Å². The number of methoxy groups -OCH3 is 1. The van der Waals surface area contributed by atoms with E-state index < -0.39 is 0 Å². The zero-order valence-electron chi connectivity index (χ0n) is 8.88. The van der Waals surface area contributed by atoms with E-state index in [9.17, 15) is 0 Å². The van der Waals surface area contributed by atoms with Crippen LogP contribution in [-0.2, 0) is 0 Å². The smallest absolute Gasteiger partial charge is 0.132 e. The second kappa shape index (κ2) is 4.53. The van der Waals surface area contributed by atoms with Crippen molar-refractivity contribution in [3.63, 3.8) is 0 Å². The summed E-state index contributed by atoms with van der Waals surface area (Å²) >= 11 is 0. The van der Waals surface area contributed by atoms with Crippen molar-refractivity contribution in [2.24, 2.45) is 0 Å². The molecule has 2 rings (SSSR count). The average molecular weight is 216 g/mol. The van der Waals surface area contributed by atoms with E-state index in [0.717, 1.165) is 5.75 Å². The highest BCUT2D eigenvalue weighted by Crippen LogP contribution is 2.25. The van der Waals surface area contributed by atoms with Gasteiger partial charge < -0.3 is 15.2 Å². The molecule has 0 aliphatic carbocycles. The van der Waals surface area contributed by atoms with Gasteiger partial charge in [0.1, 0.15) is 23.1 Å². The monoisotopic (exact) mass is 216 g/mol. The van der Waals surface area contributed by atoms with Crippen molar-refractivity contribution in [3.8, 4) is 17.2 Å². The van der Waals surface area contributed by atoms with Crippen molar-refractivity contribution < 1.29 is 9.47 Å². The summed E-state index contributed by atoms with van der Waals surface area (Å²) in [6.45, 7) is 0. The van der Waals surface area contributed by atoms with Gasteiger partial charge >= 0.3 is 0 Å². The van der Waals surface area contributed by atoms with Gasteiger partial charge in [0.05, 0.1) is 7.11 Å². The highest BCUT2D eigenvalue weighted by Gasteiger charge is 1.99. The summed E-state index contributed by atoms with van der Waals surface area (Å²) in [5, 5.41) is 0. The number of ether oxygens (including phenoxy) is 2. The fourth-order valence-corrected chi connectivity index (χ4v) is 1.29. The van der Waals surface area contributed by atoms with Gasteiger partial charge in [0.2, 0.25) is 0 Å². The maximum Gasteiger partial charge on any atom is 0.132 e. The Labute approximate surface area is 93.6 Å². The Morgan fingerprint density at radius 1 is 1.06 bits per heavy atom. The van der Waals surface area contributed by atoms with Gasteiger partial charge in [-0.3, -0.25) is 0 Å². The van der Waals surface area contributed by atoms with Crippen LogP contribution >= 0.6 is 0 Å². The zero-order valence-corrected chi connectivity index (χ0v) is 8.88. The standard InChI is InChI=1S/C12H12N2O2/c1-15-9-3-2-4-10(7-9)16-11-5-6-14-12(13)8-11/h2-8H,1H3,(H2,13,14). The molecule has 1 aromatic carbocycles. The van der Waals surface area contributed by atoms with Gasteiger partial charge in [-0.2, -0.15) is 0 Å². The van der Waals surface area contributed by atoms with Crippen LogP contribution in [0.5, 0.6) is 17.2 Å². The molecule has 0 saturated heterocycles. The summed E-state index contributed by atoms with van der Waals surface area (Å²) in [5.41, 5.74) is 5.55. The average Bonchev–Trinajstić information content (AvgIpc) is 2.29. The molecular formula is C12H12N2O2. The number of benzene rings is 1. The number of hydrogen-bond donors (Lipinski definition) is 1. The molecule has 16 heavy (non-hydrogen) atoms. The van der Waals surface area contributed by atoms with E-state index in [-0.39, 0.29) is 0 Å². The number of pyridine rings is 1. The van der Waals surface area contributed by atoms with E-state index in [4.69, 9.17) is 15.2 Å². The maximum absolute atomic E-state index is 5.60. The van der Waals surface area contributed by atoms with Crippen LogP contribution in [0.15, 0.2) is 42.6 Å². The van der Waals surface area contributed by atoms with Gasteiger partial charge in [-0.25, -0.2) is 4.98 Å². The summed E-state index contributed by atoms with van der Waals surface area (Å²) in [5.74, 6) is 2.53. The molecule has 0 saturated carbocycles. The van der Waals surface area contributed by atoms with E-state index in [1.807, 2.05) is 18.2 Å². The highest BCUT2D eigenvalue weighted by molar-refractivity contribution is 5.40. The fraction of sp³-hybridized carbons (Fsp3) is 0.0833. The van der Waals surface area contributed by atoms with Crippen LogP contribution in [0.3, 0.4) is 0 Å². The molecule has 2 N–H and O–H groups in total. The third-order valence-corrected chi connectivity index (χ3v) is 2.03. The lowest BCUT2D eigenvalue weighted by atomic mass is 10.3. The molecule has 0 amide bonds. The molecule has 0 unspecified atom stereocenters. The Hall–Kier alpha value is -2.23. The minimum atomic E-state index is 0.431. The number of nitrogens with zero attached hydrogens (tertiary/aromatic N) is 1. The topological polar surface area (TPSA) is 57.4 Å². The molecule has 0 spiro atoms. The van der Waals surface area contributed by atoms with E-state index in [2.05, 4.69) is 4.98 Å². The first-order chi connectivity index (χ1) is 7.78. The second-order valence-corrected chi connectivity index (χ2v) is 3.20. The second-order valence-electron chi connectivity index (χ2n) is 3.20. The Kier molecular flexibility index (Phi) is 2.91. The van der Waals surface area contributed by atoms with Crippen LogP contribution in [-0.4, -0.2) is 12.1 Å². The molecule has 1 aromatic heterocycles. The highest BCUT2D eigenvalue weighted by atomic mass is 16.5. The molecular weight excluding hydrogens is 204 g/mol. The number of nitrogens with two attached hydrogens (primary N) is 1. The molecule has 0 radical (unpaired) electrons. The van der Waals surface area contributed by atoms with Gasteiger partial charge in [0.15, 0.2) is 0 Å². The van der Waals surface area contributed by atoms with Crippen LogP contribution in [0.1, 0.15) is 0 Å². The van der Waals surface area contributed by atoms with Gasteiger partial charge in [-0.05, 0) is 18.2 Å². The number of aromatic nitrogens is 1. The summed E-state index contributed by atoms with van der Waals surface area (Å²) in [6, 6.07) is 10.8.